The van der Waals surface area contributed by atoms with Crippen molar-refractivity contribution >= 4 is 0 Å². The minimum atomic E-state index is -4.45. The molecule has 2 aromatic carbocycles. The zero-order valence-corrected chi connectivity index (χ0v) is 20.3. The molecular formula is C25H29F4N5O2. The van der Waals surface area contributed by atoms with Gasteiger partial charge in [-0.25, -0.2) is 4.39 Å². The second kappa shape index (κ2) is 11.0. The lowest BCUT2D eigenvalue weighted by Crippen LogP contribution is -2.46. The summed E-state index contributed by atoms with van der Waals surface area (Å²) >= 11 is 0. The first-order valence-electron chi connectivity index (χ1n) is 11.6. The van der Waals surface area contributed by atoms with Crippen molar-refractivity contribution in [1.29, 1.82) is 0 Å². The number of benzene rings is 2. The van der Waals surface area contributed by atoms with Gasteiger partial charge in [-0.05, 0) is 56.4 Å². The van der Waals surface area contributed by atoms with Gasteiger partial charge in [-0.3, -0.25) is 4.90 Å². The van der Waals surface area contributed by atoms with Crippen LogP contribution in [0.15, 0.2) is 48.5 Å². The SMILES string of the molecule is C[C@@H](O[C@H]1OCCN(Cc2n[nH]nc2CN(C)C)[C@H]1c1ccc(F)cc1)c1cccc(C(F)(F)F)c1. The highest BCUT2D eigenvalue weighted by atomic mass is 19.4. The fraction of sp³-hybridized carbons (Fsp3) is 0.440. The Bertz CT molecular complexity index is 1140. The van der Waals surface area contributed by atoms with Crippen molar-refractivity contribution in [2.45, 2.75) is 44.6 Å². The van der Waals surface area contributed by atoms with E-state index in [1.165, 1.54) is 18.2 Å². The predicted octanol–water partition coefficient (Wildman–Crippen LogP) is 4.70. The predicted molar refractivity (Wildman–Crippen MR) is 124 cm³/mol. The van der Waals surface area contributed by atoms with E-state index >= 15 is 0 Å². The fourth-order valence-corrected chi connectivity index (χ4v) is 4.28. The summed E-state index contributed by atoms with van der Waals surface area (Å²) in [5, 5.41) is 11.3. The van der Waals surface area contributed by atoms with Gasteiger partial charge >= 0.3 is 6.18 Å². The van der Waals surface area contributed by atoms with Gasteiger partial charge in [0.15, 0.2) is 6.29 Å². The first-order chi connectivity index (χ1) is 17.1. The van der Waals surface area contributed by atoms with Crippen LogP contribution in [0.4, 0.5) is 17.6 Å². The first kappa shape index (κ1) is 26.2. The van der Waals surface area contributed by atoms with Crippen molar-refractivity contribution in [3.63, 3.8) is 0 Å². The van der Waals surface area contributed by atoms with Gasteiger partial charge in [-0.1, -0.05) is 24.3 Å². The maximum Gasteiger partial charge on any atom is 0.416 e. The van der Waals surface area contributed by atoms with E-state index in [1.807, 2.05) is 19.0 Å². The van der Waals surface area contributed by atoms with Crippen molar-refractivity contribution in [1.82, 2.24) is 25.2 Å². The maximum absolute atomic E-state index is 13.7. The number of ether oxygens (including phenoxy) is 2. The third-order valence-corrected chi connectivity index (χ3v) is 6.07. The standard InChI is InChI=1S/C25H29F4N5O2/c1-16(18-5-4-6-19(13-18)25(27,28)29)36-24-23(17-7-9-20(26)10-8-17)34(11-12-35-24)15-22-21(14-33(2)3)30-32-31-22/h4-10,13,16,23-24H,11-12,14-15H2,1-3H3,(H,30,31,32)/t16-,23+,24-/m1/s1. The van der Waals surface area contributed by atoms with Crippen LogP contribution in [-0.2, 0) is 28.7 Å². The molecule has 0 amide bonds. The third-order valence-electron chi connectivity index (χ3n) is 6.07. The molecule has 3 aromatic rings. The summed E-state index contributed by atoms with van der Waals surface area (Å²) in [6.45, 7) is 3.62. The summed E-state index contributed by atoms with van der Waals surface area (Å²) in [5.74, 6) is -0.374. The molecule has 1 saturated heterocycles. The first-order valence-corrected chi connectivity index (χ1v) is 11.6. The van der Waals surface area contributed by atoms with Crippen LogP contribution in [0.5, 0.6) is 0 Å². The number of aromatic amines is 1. The second-order valence-corrected chi connectivity index (χ2v) is 9.06. The van der Waals surface area contributed by atoms with Crippen LogP contribution in [0.2, 0.25) is 0 Å². The normalized spacial score (nSPS) is 20.1. The molecule has 0 unspecified atom stereocenters. The Hall–Kier alpha value is -2.86. The highest BCUT2D eigenvalue weighted by Gasteiger charge is 2.37. The lowest BCUT2D eigenvalue weighted by atomic mass is 10.0. The number of nitrogens with zero attached hydrogens (tertiary/aromatic N) is 4. The summed E-state index contributed by atoms with van der Waals surface area (Å²) in [7, 11) is 3.88. The van der Waals surface area contributed by atoms with Gasteiger partial charge in [0.1, 0.15) is 17.2 Å². The van der Waals surface area contributed by atoms with Crippen LogP contribution in [0.25, 0.3) is 0 Å². The van der Waals surface area contributed by atoms with Crippen LogP contribution in [0.1, 0.15) is 47.1 Å². The largest absolute Gasteiger partial charge is 0.416 e. The molecule has 0 aliphatic carbocycles. The van der Waals surface area contributed by atoms with E-state index in [4.69, 9.17) is 9.47 Å². The van der Waals surface area contributed by atoms with Crippen molar-refractivity contribution in [2.75, 3.05) is 27.2 Å². The van der Waals surface area contributed by atoms with E-state index in [1.54, 1.807) is 25.1 Å². The fourth-order valence-electron chi connectivity index (χ4n) is 4.28. The Kier molecular flexibility index (Phi) is 8.04. The van der Waals surface area contributed by atoms with E-state index in [-0.39, 0.29) is 5.82 Å². The molecule has 0 bridgehead atoms. The van der Waals surface area contributed by atoms with Crippen LogP contribution >= 0.6 is 0 Å². The summed E-state index contributed by atoms with van der Waals surface area (Å²) in [6.07, 6.45) is -5.94. The third kappa shape index (κ3) is 6.28. The molecule has 0 spiro atoms. The van der Waals surface area contributed by atoms with Gasteiger partial charge in [-0.2, -0.15) is 28.6 Å². The molecule has 1 N–H and O–H groups in total. The molecule has 11 heteroatoms. The molecule has 2 heterocycles. The summed E-state index contributed by atoms with van der Waals surface area (Å²) in [4.78, 5) is 4.10. The second-order valence-electron chi connectivity index (χ2n) is 9.06. The van der Waals surface area contributed by atoms with Crippen molar-refractivity contribution < 1.29 is 27.0 Å². The lowest BCUT2D eigenvalue weighted by molar-refractivity contribution is -0.231. The Labute approximate surface area is 207 Å². The van der Waals surface area contributed by atoms with Gasteiger partial charge in [0.05, 0.1) is 24.3 Å². The average molecular weight is 508 g/mol. The smallest absolute Gasteiger partial charge is 0.349 e. The molecule has 1 aliphatic rings. The molecular weight excluding hydrogens is 478 g/mol. The minimum Gasteiger partial charge on any atom is -0.349 e. The van der Waals surface area contributed by atoms with Crippen molar-refractivity contribution in [3.05, 3.63) is 82.4 Å². The Balaban J connectivity index is 1.60. The number of hydrogen-bond donors (Lipinski definition) is 1. The van der Waals surface area contributed by atoms with Gasteiger partial charge in [-0.15, -0.1) is 0 Å². The number of morpholine rings is 1. The maximum atomic E-state index is 13.7. The van der Waals surface area contributed by atoms with Gasteiger partial charge in [0.2, 0.25) is 0 Å². The lowest BCUT2D eigenvalue weighted by Gasteiger charge is -2.41. The number of aromatic nitrogens is 3. The van der Waals surface area contributed by atoms with Gasteiger partial charge in [0, 0.05) is 19.6 Å². The van der Waals surface area contributed by atoms with Crippen LogP contribution in [0.3, 0.4) is 0 Å². The topological polar surface area (TPSA) is 66.5 Å². The Morgan fingerprint density at radius 1 is 1.14 bits per heavy atom. The number of hydrogen-bond acceptors (Lipinski definition) is 6. The summed E-state index contributed by atoms with van der Waals surface area (Å²) < 4.78 is 65.6. The molecule has 4 rings (SSSR count). The van der Waals surface area contributed by atoms with E-state index in [0.717, 1.165) is 29.1 Å². The van der Waals surface area contributed by atoms with E-state index in [2.05, 4.69) is 20.3 Å². The highest BCUT2D eigenvalue weighted by Crippen LogP contribution is 2.36. The van der Waals surface area contributed by atoms with E-state index in [0.29, 0.717) is 31.8 Å². The number of nitrogens with one attached hydrogen (secondary N) is 1. The van der Waals surface area contributed by atoms with Crippen molar-refractivity contribution in [3.8, 4) is 0 Å². The molecule has 1 fully saturated rings. The highest BCUT2D eigenvalue weighted by molar-refractivity contribution is 5.27. The van der Waals surface area contributed by atoms with Gasteiger partial charge in [0.25, 0.3) is 0 Å². The quantitative estimate of drug-likeness (QED) is 0.446. The molecule has 1 aromatic heterocycles. The van der Waals surface area contributed by atoms with Gasteiger partial charge < -0.3 is 14.4 Å². The van der Waals surface area contributed by atoms with Crippen molar-refractivity contribution in [2.24, 2.45) is 0 Å². The Morgan fingerprint density at radius 2 is 1.86 bits per heavy atom. The number of rotatable bonds is 8. The number of alkyl halides is 3. The molecule has 0 radical (unpaired) electrons. The minimum absolute atomic E-state index is 0.346. The monoisotopic (exact) mass is 507 g/mol. The Morgan fingerprint density at radius 3 is 2.56 bits per heavy atom. The number of H-pyrrole nitrogens is 1. The molecule has 194 valence electrons. The zero-order chi connectivity index (χ0) is 25.9. The van der Waals surface area contributed by atoms with E-state index in [9.17, 15) is 17.6 Å². The van der Waals surface area contributed by atoms with E-state index < -0.39 is 30.2 Å². The average Bonchev–Trinajstić information content (AvgIpc) is 3.25. The molecule has 36 heavy (non-hydrogen) atoms. The molecule has 7 nitrogen and oxygen atoms in total. The number of halogens is 4. The molecule has 1 aliphatic heterocycles. The zero-order valence-electron chi connectivity index (χ0n) is 20.3. The van der Waals surface area contributed by atoms with Crippen LogP contribution < -0.4 is 0 Å². The van der Waals surface area contributed by atoms with Crippen LogP contribution in [-0.4, -0.2) is 58.7 Å². The van der Waals surface area contributed by atoms with Crippen LogP contribution in [0, 0.1) is 5.82 Å². The molecule has 3 atom stereocenters. The molecule has 0 saturated carbocycles. The summed E-state index contributed by atoms with van der Waals surface area (Å²) in [6, 6.07) is 10.7. The summed E-state index contributed by atoms with van der Waals surface area (Å²) in [5.41, 5.74) is 1.97.